The van der Waals surface area contributed by atoms with Gasteiger partial charge in [0.25, 0.3) is 5.78 Å². The van der Waals surface area contributed by atoms with Crippen molar-refractivity contribution in [1.29, 1.82) is 0 Å². The molecule has 0 saturated heterocycles. The van der Waals surface area contributed by atoms with Gasteiger partial charge < -0.3 is 5.32 Å². The number of hydrogen-bond donors (Lipinski definition) is 1. The second kappa shape index (κ2) is 4.80. The van der Waals surface area contributed by atoms with E-state index in [1.54, 1.807) is 10.7 Å². The average molecular weight is 344 g/mol. The van der Waals surface area contributed by atoms with Crippen LogP contribution in [0.2, 0.25) is 0 Å². The Bertz CT molecular complexity index is 826. The lowest BCUT2D eigenvalue weighted by atomic mass is 10.1. The Morgan fingerprint density at radius 3 is 3.14 bits per heavy atom. The van der Waals surface area contributed by atoms with Gasteiger partial charge >= 0.3 is 0 Å². The number of rotatable bonds is 2. The number of benzene rings is 1. The second-order valence-electron chi connectivity index (χ2n) is 5.24. The molecule has 21 heavy (non-hydrogen) atoms. The average Bonchev–Trinajstić information content (AvgIpc) is 3.04. The fourth-order valence-electron chi connectivity index (χ4n) is 2.94. The van der Waals surface area contributed by atoms with Crippen LogP contribution in [0.4, 0.5) is 5.82 Å². The Labute approximate surface area is 130 Å². The first-order chi connectivity index (χ1) is 10.2. The Morgan fingerprint density at radius 1 is 1.33 bits per heavy atom. The van der Waals surface area contributed by atoms with E-state index >= 15 is 0 Å². The van der Waals surface area contributed by atoms with Crippen molar-refractivity contribution in [2.24, 2.45) is 0 Å². The van der Waals surface area contributed by atoms with E-state index in [0.717, 1.165) is 24.5 Å². The smallest absolute Gasteiger partial charge is 0.254 e. The summed E-state index contributed by atoms with van der Waals surface area (Å²) in [6.45, 7) is 1.88. The van der Waals surface area contributed by atoms with Crippen LogP contribution in [0.1, 0.15) is 29.4 Å². The van der Waals surface area contributed by atoms with Gasteiger partial charge in [-0.25, -0.2) is 4.98 Å². The summed E-state index contributed by atoms with van der Waals surface area (Å²) in [5.74, 6) is 2.29. The molecule has 1 aliphatic rings. The molecule has 4 rings (SSSR count). The maximum absolute atomic E-state index is 4.40. The third-order valence-electron chi connectivity index (χ3n) is 3.88. The first kappa shape index (κ1) is 12.8. The third-order valence-corrected chi connectivity index (χ3v) is 4.63. The fraction of sp³-hybridized carbons (Fsp3) is 0.267. The number of nitrogens with one attached hydrogen (secondary N) is 1. The SMILES string of the molecule is Cc1nc2nccc(N[C@H]3CCc4c(Br)cccc43)n2n1. The van der Waals surface area contributed by atoms with Gasteiger partial charge in [-0.2, -0.15) is 9.50 Å². The molecule has 1 aromatic carbocycles. The zero-order valence-electron chi connectivity index (χ0n) is 11.5. The molecule has 0 spiro atoms. The van der Waals surface area contributed by atoms with Gasteiger partial charge in [-0.1, -0.05) is 28.1 Å². The number of aryl methyl sites for hydroxylation is 1. The molecule has 106 valence electrons. The van der Waals surface area contributed by atoms with Crippen LogP contribution in [0.3, 0.4) is 0 Å². The zero-order valence-corrected chi connectivity index (χ0v) is 13.1. The second-order valence-corrected chi connectivity index (χ2v) is 6.10. The lowest BCUT2D eigenvalue weighted by molar-refractivity contribution is 0.746. The Morgan fingerprint density at radius 2 is 2.24 bits per heavy atom. The van der Waals surface area contributed by atoms with Gasteiger partial charge in [0.15, 0.2) is 0 Å². The maximum Gasteiger partial charge on any atom is 0.254 e. The van der Waals surface area contributed by atoms with Gasteiger partial charge in [-0.3, -0.25) is 0 Å². The molecular weight excluding hydrogens is 330 g/mol. The molecule has 0 unspecified atom stereocenters. The van der Waals surface area contributed by atoms with Crippen molar-refractivity contribution in [3.63, 3.8) is 0 Å². The summed E-state index contributed by atoms with van der Waals surface area (Å²) < 4.78 is 2.96. The Balaban J connectivity index is 1.73. The number of nitrogens with zero attached hydrogens (tertiary/aromatic N) is 4. The minimum atomic E-state index is 0.299. The van der Waals surface area contributed by atoms with Crippen molar-refractivity contribution < 1.29 is 0 Å². The summed E-state index contributed by atoms with van der Waals surface area (Å²) in [4.78, 5) is 8.54. The van der Waals surface area contributed by atoms with E-state index in [9.17, 15) is 0 Å². The Hall–Kier alpha value is -1.95. The standard InChI is InChI=1S/C15H14BrN5/c1-9-18-15-17-8-7-14(21(15)20-9)19-13-6-5-10-11(13)3-2-4-12(10)16/h2-4,7-8,13,19H,5-6H2,1H3/t13-/m0/s1. The molecule has 3 aromatic rings. The predicted molar refractivity (Wildman–Crippen MR) is 84.3 cm³/mol. The zero-order chi connectivity index (χ0) is 14.4. The predicted octanol–water partition coefficient (Wildman–Crippen LogP) is 3.29. The molecule has 1 atom stereocenters. The maximum atomic E-state index is 4.40. The molecule has 5 nitrogen and oxygen atoms in total. The van der Waals surface area contributed by atoms with Crippen LogP contribution in [-0.2, 0) is 6.42 Å². The van der Waals surface area contributed by atoms with Gasteiger partial charge in [0.2, 0.25) is 0 Å². The van der Waals surface area contributed by atoms with E-state index in [2.05, 4.69) is 54.5 Å². The van der Waals surface area contributed by atoms with E-state index in [4.69, 9.17) is 0 Å². The molecule has 0 aliphatic heterocycles. The molecule has 2 aromatic heterocycles. The summed E-state index contributed by atoms with van der Waals surface area (Å²) in [5, 5.41) is 7.98. The lowest BCUT2D eigenvalue weighted by Gasteiger charge is -2.16. The Kier molecular flexibility index (Phi) is 2.92. The van der Waals surface area contributed by atoms with Crippen LogP contribution in [0.25, 0.3) is 5.78 Å². The minimum absolute atomic E-state index is 0.299. The number of halogens is 1. The van der Waals surface area contributed by atoms with Gasteiger partial charge in [0.05, 0.1) is 6.04 Å². The van der Waals surface area contributed by atoms with Crippen LogP contribution < -0.4 is 5.32 Å². The summed E-state index contributed by atoms with van der Waals surface area (Å²) in [6, 6.07) is 8.62. The molecule has 6 heteroatoms. The van der Waals surface area contributed by atoms with Crippen molar-refractivity contribution in [3.8, 4) is 0 Å². The van der Waals surface area contributed by atoms with Gasteiger partial charge in [-0.15, -0.1) is 5.10 Å². The highest BCUT2D eigenvalue weighted by atomic mass is 79.9. The van der Waals surface area contributed by atoms with Gasteiger partial charge in [-0.05, 0) is 43.0 Å². The van der Waals surface area contributed by atoms with Crippen molar-refractivity contribution in [1.82, 2.24) is 19.6 Å². The normalized spacial score (nSPS) is 17.1. The molecule has 1 N–H and O–H groups in total. The summed E-state index contributed by atoms with van der Waals surface area (Å²) >= 11 is 3.64. The molecule has 1 aliphatic carbocycles. The van der Waals surface area contributed by atoms with Crippen molar-refractivity contribution >= 4 is 27.5 Å². The molecule has 0 radical (unpaired) electrons. The van der Waals surface area contributed by atoms with E-state index in [-0.39, 0.29) is 0 Å². The van der Waals surface area contributed by atoms with Crippen LogP contribution >= 0.6 is 15.9 Å². The van der Waals surface area contributed by atoms with Gasteiger partial charge in [0, 0.05) is 10.7 Å². The highest BCUT2D eigenvalue weighted by Crippen LogP contribution is 2.37. The third kappa shape index (κ3) is 2.10. The first-order valence-electron chi connectivity index (χ1n) is 6.94. The first-order valence-corrected chi connectivity index (χ1v) is 7.74. The van der Waals surface area contributed by atoms with Crippen LogP contribution in [-0.4, -0.2) is 19.6 Å². The van der Waals surface area contributed by atoms with Crippen molar-refractivity contribution in [3.05, 3.63) is 51.9 Å². The quantitative estimate of drug-likeness (QED) is 0.775. The molecule has 2 heterocycles. The number of hydrogen-bond acceptors (Lipinski definition) is 4. The van der Waals surface area contributed by atoms with E-state index < -0.39 is 0 Å². The van der Waals surface area contributed by atoms with E-state index in [1.165, 1.54) is 15.6 Å². The van der Waals surface area contributed by atoms with E-state index in [1.807, 2.05) is 13.0 Å². The fourth-order valence-corrected chi connectivity index (χ4v) is 3.52. The van der Waals surface area contributed by atoms with Crippen LogP contribution in [0.5, 0.6) is 0 Å². The lowest BCUT2D eigenvalue weighted by Crippen LogP contribution is -2.11. The molecule has 0 amide bonds. The topological polar surface area (TPSA) is 55.1 Å². The van der Waals surface area contributed by atoms with Crippen LogP contribution in [0.15, 0.2) is 34.9 Å². The molecule has 0 bridgehead atoms. The number of aromatic nitrogens is 4. The summed E-state index contributed by atoms with van der Waals surface area (Å²) in [6.07, 6.45) is 3.93. The van der Waals surface area contributed by atoms with Crippen molar-refractivity contribution in [2.75, 3.05) is 5.32 Å². The summed E-state index contributed by atoms with van der Waals surface area (Å²) in [7, 11) is 0. The van der Waals surface area contributed by atoms with Crippen LogP contribution in [0, 0.1) is 6.92 Å². The number of fused-ring (bicyclic) bond motifs is 2. The molecular formula is C15H14BrN5. The highest BCUT2D eigenvalue weighted by Gasteiger charge is 2.24. The molecule has 0 saturated carbocycles. The monoisotopic (exact) mass is 343 g/mol. The largest absolute Gasteiger partial charge is 0.363 e. The van der Waals surface area contributed by atoms with E-state index in [0.29, 0.717) is 11.8 Å². The number of anilines is 1. The van der Waals surface area contributed by atoms with Gasteiger partial charge in [0.1, 0.15) is 11.6 Å². The highest BCUT2D eigenvalue weighted by molar-refractivity contribution is 9.10. The van der Waals surface area contributed by atoms with Crippen molar-refractivity contribution in [2.45, 2.75) is 25.8 Å². The summed E-state index contributed by atoms with van der Waals surface area (Å²) in [5.41, 5.74) is 2.75. The molecule has 0 fully saturated rings. The minimum Gasteiger partial charge on any atom is -0.363 e.